The molecule has 2 aromatic carbocycles. The Morgan fingerprint density at radius 1 is 0.968 bits per heavy atom. The van der Waals surface area contributed by atoms with Crippen LogP contribution in [-0.2, 0) is 13.2 Å². The highest BCUT2D eigenvalue weighted by Crippen LogP contribution is 2.34. The molecule has 0 N–H and O–H groups in total. The van der Waals surface area contributed by atoms with Crippen molar-refractivity contribution in [1.29, 1.82) is 0 Å². The van der Waals surface area contributed by atoms with Gasteiger partial charge in [0, 0.05) is 29.8 Å². The third-order valence-electron chi connectivity index (χ3n) is 5.24. The van der Waals surface area contributed by atoms with Crippen molar-refractivity contribution in [2.24, 2.45) is 7.05 Å². The third-order valence-corrected chi connectivity index (χ3v) is 5.24. The van der Waals surface area contributed by atoms with Crippen molar-refractivity contribution >= 4 is 5.65 Å². The molecular formula is C22H16F5N3O. The van der Waals surface area contributed by atoms with Crippen LogP contribution >= 0.6 is 0 Å². The Labute approximate surface area is 173 Å². The minimum atomic E-state index is -4.48. The number of aryl methyl sites for hydroxylation is 2. The molecule has 4 aromatic rings. The van der Waals surface area contributed by atoms with Crippen molar-refractivity contribution in [1.82, 2.24) is 14.2 Å². The standard InChI is InChI=1S/C22H16F5N3O/c1-11-19(16-9-8-15(23)10-17(16)24)29(3)20-18(12(2)28-30(20)21(11)31)13-4-6-14(7-5-13)22(25,26)27/h4-10H,1-3H3. The molecule has 4 rings (SSSR count). The Balaban J connectivity index is 2.04. The molecule has 2 aromatic heterocycles. The fourth-order valence-electron chi connectivity index (χ4n) is 3.81. The van der Waals surface area contributed by atoms with Gasteiger partial charge in [0.1, 0.15) is 17.3 Å². The number of hydrogen-bond acceptors (Lipinski definition) is 2. The number of alkyl halides is 3. The first-order chi connectivity index (χ1) is 14.5. The van der Waals surface area contributed by atoms with Gasteiger partial charge in [0.15, 0.2) is 0 Å². The monoisotopic (exact) mass is 433 g/mol. The zero-order chi connectivity index (χ0) is 22.7. The second kappa shape index (κ2) is 7.04. The third kappa shape index (κ3) is 3.30. The van der Waals surface area contributed by atoms with Gasteiger partial charge in [-0.15, -0.1) is 0 Å². The second-order valence-electron chi connectivity index (χ2n) is 7.23. The summed E-state index contributed by atoms with van der Waals surface area (Å²) in [6.07, 6.45) is -4.48. The largest absolute Gasteiger partial charge is 0.416 e. The lowest BCUT2D eigenvalue weighted by Gasteiger charge is -2.16. The van der Waals surface area contributed by atoms with E-state index in [4.69, 9.17) is 0 Å². The van der Waals surface area contributed by atoms with E-state index in [-0.39, 0.29) is 22.5 Å². The first-order valence-electron chi connectivity index (χ1n) is 9.22. The molecule has 31 heavy (non-hydrogen) atoms. The molecular weight excluding hydrogens is 417 g/mol. The molecule has 0 spiro atoms. The Kier molecular flexibility index (Phi) is 4.72. The number of hydrogen-bond donors (Lipinski definition) is 0. The average molecular weight is 433 g/mol. The quantitative estimate of drug-likeness (QED) is 0.404. The van der Waals surface area contributed by atoms with E-state index >= 15 is 0 Å². The molecule has 0 saturated heterocycles. The van der Waals surface area contributed by atoms with Crippen molar-refractivity contribution < 1.29 is 22.0 Å². The lowest BCUT2D eigenvalue weighted by molar-refractivity contribution is -0.137. The van der Waals surface area contributed by atoms with Gasteiger partial charge in [0.2, 0.25) is 0 Å². The fourth-order valence-corrected chi connectivity index (χ4v) is 3.81. The van der Waals surface area contributed by atoms with Gasteiger partial charge in [-0.1, -0.05) is 12.1 Å². The summed E-state index contributed by atoms with van der Waals surface area (Å²) < 4.78 is 69.4. The van der Waals surface area contributed by atoms with Gasteiger partial charge in [0.25, 0.3) is 5.56 Å². The van der Waals surface area contributed by atoms with Crippen LogP contribution in [0, 0.1) is 25.5 Å². The second-order valence-corrected chi connectivity index (χ2v) is 7.23. The minimum Gasteiger partial charge on any atom is -0.328 e. The zero-order valence-electron chi connectivity index (χ0n) is 16.7. The van der Waals surface area contributed by atoms with Crippen LogP contribution in [0.5, 0.6) is 0 Å². The van der Waals surface area contributed by atoms with E-state index in [1.165, 1.54) is 25.1 Å². The highest BCUT2D eigenvalue weighted by Gasteiger charge is 2.30. The van der Waals surface area contributed by atoms with Gasteiger partial charge >= 0.3 is 6.18 Å². The summed E-state index contributed by atoms with van der Waals surface area (Å²) in [5.74, 6) is -1.59. The zero-order valence-corrected chi connectivity index (χ0v) is 16.7. The maximum atomic E-state index is 14.5. The number of nitrogens with zero attached hydrogens (tertiary/aromatic N) is 3. The first-order valence-corrected chi connectivity index (χ1v) is 9.22. The van der Waals surface area contributed by atoms with E-state index in [0.717, 1.165) is 28.8 Å². The molecule has 0 amide bonds. The SMILES string of the molecule is Cc1nn2c(=O)c(C)c(-c3ccc(F)cc3F)n(C)c2c1-c1ccc(C(F)(F)F)cc1. The van der Waals surface area contributed by atoms with Crippen LogP contribution in [0.3, 0.4) is 0 Å². The smallest absolute Gasteiger partial charge is 0.328 e. The Morgan fingerprint density at radius 3 is 2.19 bits per heavy atom. The van der Waals surface area contributed by atoms with Crippen LogP contribution in [-0.4, -0.2) is 14.2 Å². The Bertz CT molecular complexity index is 1380. The Hall–Kier alpha value is -3.49. The molecule has 0 aliphatic carbocycles. The summed E-state index contributed by atoms with van der Waals surface area (Å²) in [5, 5.41) is 4.26. The van der Waals surface area contributed by atoms with Crippen LogP contribution in [0.25, 0.3) is 28.0 Å². The number of rotatable bonds is 2. The molecule has 2 heterocycles. The summed E-state index contributed by atoms with van der Waals surface area (Å²) in [4.78, 5) is 13.0. The predicted octanol–water partition coefficient (Wildman–Crippen LogP) is 5.28. The van der Waals surface area contributed by atoms with Gasteiger partial charge < -0.3 is 4.57 Å². The number of fused-ring (bicyclic) bond motifs is 1. The van der Waals surface area contributed by atoms with Gasteiger partial charge in [-0.25, -0.2) is 8.78 Å². The summed E-state index contributed by atoms with van der Waals surface area (Å²) in [6, 6.07) is 7.55. The highest BCUT2D eigenvalue weighted by atomic mass is 19.4. The molecule has 0 saturated carbocycles. The number of aromatic nitrogens is 3. The van der Waals surface area contributed by atoms with Gasteiger partial charge in [-0.2, -0.15) is 22.8 Å². The molecule has 0 atom stereocenters. The van der Waals surface area contributed by atoms with E-state index in [1.807, 2.05) is 0 Å². The Morgan fingerprint density at radius 2 is 1.61 bits per heavy atom. The van der Waals surface area contributed by atoms with Gasteiger partial charge in [-0.05, 0) is 43.7 Å². The number of benzene rings is 2. The van der Waals surface area contributed by atoms with Crippen LogP contribution in [0.1, 0.15) is 16.8 Å². The molecule has 0 fully saturated rings. The van der Waals surface area contributed by atoms with Crippen molar-refractivity contribution in [3.05, 3.63) is 81.3 Å². The molecule has 0 bridgehead atoms. The van der Waals surface area contributed by atoms with Crippen LogP contribution in [0.2, 0.25) is 0 Å². The van der Waals surface area contributed by atoms with E-state index in [2.05, 4.69) is 5.10 Å². The lowest BCUT2D eigenvalue weighted by atomic mass is 10.0. The highest BCUT2D eigenvalue weighted by molar-refractivity contribution is 5.82. The molecule has 0 unspecified atom stereocenters. The minimum absolute atomic E-state index is 0.0261. The van der Waals surface area contributed by atoms with Gasteiger partial charge in [0.05, 0.1) is 17.0 Å². The summed E-state index contributed by atoms with van der Waals surface area (Å²) in [6.45, 7) is 3.14. The number of halogens is 5. The van der Waals surface area contributed by atoms with E-state index in [0.29, 0.717) is 16.8 Å². The topological polar surface area (TPSA) is 39.3 Å². The summed E-state index contributed by atoms with van der Waals surface area (Å²) in [7, 11) is 1.59. The predicted molar refractivity (Wildman–Crippen MR) is 106 cm³/mol. The molecule has 4 nitrogen and oxygen atoms in total. The molecule has 9 heteroatoms. The molecule has 160 valence electrons. The normalized spacial score (nSPS) is 12.0. The average Bonchev–Trinajstić information content (AvgIpc) is 3.05. The maximum Gasteiger partial charge on any atom is 0.416 e. The van der Waals surface area contributed by atoms with Crippen molar-refractivity contribution in [3.8, 4) is 22.4 Å². The van der Waals surface area contributed by atoms with Crippen molar-refractivity contribution in [2.45, 2.75) is 20.0 Å². The maximum absolute atomic E-state index is 14.5. The first kappa shape index (κ1) is 20.8. The lowest BCUT2D eigenvalue weighted by Crippen LogP contribution is -2.23. The van der Waals surface area contributed by atoms with Crippen LogP contribution in [0.4, 0.5) is 22.0 Å². The molecule has 0 radical (unpaired) electrons. The molecule has 0 aliphatic rings. The summed E-state index contributed by atoms with van der Waals surface area (Å²) >= 11 is 0. The van der Waals surface area contributed by atoms with E-state index in [1.54, 1.807) is 18.5 Å². The van der Waals surface area contributed by atoms with Crippen LogP contribution in [0.15, 0.2) is 47.3 Å². The van der Waals surface area contributed by atoms with Gasteiger partial charge in [-0.3, -0.25) is 4.79 Å². The van der Waals surface area contributed by atoms with Crippen LogP contribution < -0.4 is 5.56 Å². The van der Waals surface area contributed by atoms with Crippen molar-refractivity contribution in [3.63, 3.8) is 0 Å². The molecule has 0 aliphatic heterocycles. The summed E-state index contributed by atoms with van der Waals surface area (Å²) in [5.41, 5.74) is 0.706. The van der Waals surface area contributed by atoms with E-state index in [9.17, 15) is 26.7 Å². The van der Waals surface area contributed by atoms with Crippen molar-refractivity contribution in [2.75, 3.05) is 0 Å². The fraction of sp³-hybridized carbons (Fsp3) is 0.182. The van der Waals surface area contributed by atoms with E-state index < -0.39 is 28.9 Å².